The van der Waals surface area contributed by atoms with Gasteiger partial charge in [-0.1, -0.05) is 0 Å². The summed E-state index contributed by atoms with van der Waals surface area (Å²) in [5.74, 6) is 0.656. The maximum atomic E-state index is 12.9. The molecule has 0 spiro atoms. The van der Waals surface area contributed by atoms with Crippen molar-refractivity contribution >= 4 is 11.6 Å². The summed E-state index contributed by atoms with van der Waals surface area (Å²) in [7, 11) is 4.86. The van der Waals surface area contributed by atoms with Crippen LogP contribution in [0.2, 0.25) is 0 Å². The van der Waals surface area contributed by atoms with Gasteiger partial charge in [-0.15, -0.1) is 0 Å². The summed E-state index contributed by atoms with van der Waals surface area (Å²) in [4.78, 5) is 25.5. The number of nitrogens with one attached hydrogen (secondary N) is 1. The van der Waals surface area contributed by atoms with Crippen LogP contribution in [0.3, 0.4) is 0 Å². The lowest BCUT2D eigenvalue weighted by Crippen LogP contribution is -2.33. The van der Waals surface area contributed by atoms with Crippen molar-refractivity contribution in [2.45, 2.75) is 26.8 Å². The van der Waals surface area contributed by atoms with Crippen LogP contribution >= 0.6 is 0 Å². The Kier molecular flexibility index (Phi) is 5.91. The molecule has 1 atom stereocenters. The Balaban J connectivity index is 1.98. The lowest BCUT2D eigenvalue weighted by Gasteiger charge is -2.17. The highest BCUT2D eigenvalue weighted by Gasteiger charge is 2.22. The second-order valence-corrected chi connectivity index (χ2v) is 6.91. The van der Waals surface area contributed by atoms with Crippen molar-refractivity contribution in [3.63, 3.8) is 0 Å². The van der Waals surface area contributed by atoms with Gasteiger partial charge >= 0.3 is 0 Å². The summed E-state index contributed by atoms with van der Waals surface area (Å²) in [6.07, 6.45) is 0. The van der Waals surface area contributed by atoms with Crippen molar-refractivity contribution in [3.8, 4) is 22.8 Å². The molecule has 9 heteroatoms. The van der Waals surface area contributed by atoms with Crippen LogP contribution in [0.5, 0.6) is 11.5 Å². The molecule has 3 aromatic rings. The zero-order valence-electron chi connectivity index (χ0n) is 17.9. The molecule has 0 radical (unpaired) electrons. The number of rotatable bonds is 6. The van der Waals surface area contributed by atoms with Crippen molar-refractivity contribution in [2.75, 3.05) is 19.5 Å². The van der Waals surface area contributed by atoms with Crippen LogP contribution < -0.4 is 20.3 Å². The number of anilines is 1. The minimum atomic E-state index is -0.848. The van der Waals surface area contributed by atoms with Crippen LogP contribution in [0.25, 0.3) is 11.3 Å². The van der Waals surface area contributed by atoms with E-state index in [2.05, 4.69) is 15.5 Å². The van der Waals surface area contributed by atoms with Crippen molar-refractivity contribution in [1.82, 2.24) is 19.6 Å². The van der Waals surface area contributed by atoms with Crippen molar-refractivity contribution in [2.24, 2.45) is 7.05 Å². The summed E-state index contributed by atoms with van der Waals surface area (Å²) in [6.45, 7) is 5.29. The van der Waals surface area contributed by atoms with Gasteiger partial charge in [-0.25, -0.2) is 4.68 Å². The zero-order chi connectivity index (χ0) is 22.0. The molecule has 158 valence electrons. The Morgan fingerprint density at radius 2 is 1.77 bits per heavy atom. The first-order valence-electron chi connectivity index (χ1n) is 9.40. The van der Waals surface area contributed by atoms with Crippen molar-refractivity contribution < 1.29 is 14.3 Å². The molecule has 0 aliphatic heterocycles. The third-order valence-corrected chi connectivity index (χ3v) is 5.01. The number of amides is 1. The van der Waals surface area contributed by atoms with Crippen LogP contribution in [-0.2, 0) is 11.8 Å². The number of carbonyl (C=O) groups excluding carboxylic acids is 1. The van der Waals surface area contributed by atoms with E-state index in [1.165, 1.54) is 13.2 Å². The Morgan fingerprint density at radius 3 is 2.30 bits per heavy atom. The SMILES string of the molecule is COc1ccc(-c2nn(C(C)C(=O)Nc3c(C)nn(C)c3C)c(=O)cc2OC)cc1. The van der Waals surface area contributed by atoms with Gasteiger partial charge in [0.2, 0.25) is 5.91 Å². The van der Waals surface area contributed by atoms with E-state index in [9.17, 15) is 9.59 Å². The molecular weight excluding hydrogens is 386 g/mol. The second kappa shape index (κ2) is 8.40. The quantitative estimate of drug-likeness (QED) is 0.669. The molecule has 2 heterocycles. The number of carbonyl (C=O) groups is 1. The number of benzene rings is 1. The molecule has 9 nitrogen and oxygen atoms in total. The molecular formula is C21H25N5O4. The Labute approximate surface area is 174 Å². The number of methoxy groups -OCH3 is 2. The van der Waals surface area contributed by atoms with Crippen LogP contribution in [0.1, 0.15) is 24.4 Å². The molecule has 3 rings (SSSR count). The van der Waals surface area contributed by atoms with E-state index in [4.69, 9.17) is 9.47 Å². The molecule has 0 aliphatic rings. The predicted molar refractivity (Wildman–Crippen MR) is 113 cm³/mol. The van der Waals surface area contributed by atoms with Gasteiger partial charge in [-0.05, 0) is 45.0 Å². The van der Waals surface area contributed by atoms with E-state index < -0.39 is 11.6 Å². The molecule has 2 aromatic heterocycles. The second-order valence-electron chi connectivity index (χ2n) is 6.91. The molecule has 0 bridgehead atoms. The minimum absolute atomic E-state index is 0.327. The molecule has 30 heavy (non-hydrogen) atoms. The molecule has 1 aromatic carbocycles. The van der Waals surface area contributed by atoms with Gasteiger partial charge < -0.3 is 14.8 Å². The third-order valence-electron chi connectivity index (χ3n) is 5.01. The van der Waals surface area contributed by atoms with E-state index in [0.29, 0.717) is 28.6 Å². The van der Waals surface area contributed by atoms with Gasteiger partial charge in [0.25, 0.3) is 5.56 Å². The average Bonchev–Trinajstić information content (AvgIpc) is 2.98. The van der Waals surface area contributed by atoms with Crippen LogP contribution in [0, 0.1) is 13.8 Å². The monoisotopic (exact) mass is 411 g/mol. The van der Waals surface area contributed by atoms with Crippen LogP contribution in [0.15, 0.2) is 35.1 Å². The Bertz CT molecular complexity index is 1130. The van der Waals surface area contributed by atoms with Crippen LogP contribution in [-0.4, -0.2) is 39.7 Å². The highest BCUT2D eigenvalue weighted by molar-refractivity contribution is 5.94. The van der Waals surface area contributed by atoms with E-state index in [-0.39, 0.29) is 5.91 Å². The summed E-state index contributed by atoms with van der Waals surface area (Å²) >= 11 is 0. The lowest BCUT2D eigenvalue weighted by molar-refractivity contribution is -0.119. The minimum Gasteiger partial charge on any atom is -0.497 e. The molecule has 0 fully saturated rings. The smallest absolute Gasteiger partial charge is 0.271 e. The van der Waals surface area contributed by atoms with Gasteiger partial charge in [-0.2, -0.15) is 10.2 Å². The normalized spacial score (nSPS) is 11.8. The van der Waals surface area contributed by atoms with Gasteiger partial charge in [0.15, 0.2) is 5.75 Å². The average molecular weight is 411 g/mol. The van der Waals surface area contributed by atoms with Crippen LogP contribution in [0.4, 0.5) is 5.69 Å². The van der Waals surface area contributed by atoms with E-state index in [0.717, 1.165) is 15.9 Å². The highest BCUT2D eigenvalue weighted by Crippen LogP contribution is 2.28. The molecule has 1 unspecified atom stereocenters. The van der Waals surface area contributed by atoms with Gasteiger partial charge in [0.05, 0.1) is 31.3 Å². The molecule has 0 aliphatic carbocycles. The van der Waals surface area contributed by atoms with Gasteiger partial charge in [-0.3, -0.25) is 14.3 Å². The fraction of sp³-hybridized carbons (Fsp3) is 0.333. The fourth-order valence-electron chi connectivity index (χ4n) is 3.13. The number of aryl methyl sites for hydroxylation is 2. The van der Waals surface area contributed by atoms with Gasteiger partial charge in [0.1, 0.15) is 17.5 Å². The highest BCUT2D eigenvalue weighted by atomic mass is 16.5. The van der Waals surface area contributed by atoms with E-state index in [1.807, 2.05) is 26.0 Å². The molecule has 1 amide bonds. The maximum Gasteiger partial charge on any atom is 0.271 e. The Hall–Kier alpha value is -3.62. The number of aromatic nitrogens is 4. The lowest BCUT2D eigenvalue weighted by atomic mass is 10.1. The largest absolute Gasteiger partial charge is 0.497 e. The standard InChI is InChI=1S/C21H25N5O4/c1-12-19(13(2)25(4)23-12)22-21(28)14(3)26-18(27)11-17(30-6)20(24-26)15-7-9-16(29-5)10-8-15/h7-11,14H,1-6H3,(H,22,28). The van der Waals surface area contributed by atoms with Gasteiger partial charge in [0, 0.05) is 18.7 Å². The first kappa shape index (κ1) is 21.1. The molecule has 1 N–H and O–H groups in total. The summed E-state index contributed by atoms with van der Waals surface area (Å²) in [5.41, 5.74) is 2.89. The zero-order valence-corrected chi connectivity index (χ0v) is 17.9. The summed E-state index contributed by atoms with van der Waals surface area (Å²) in [6, 6.07) is 7.68. The maximum absolute atomic E-state index is 12.9. The predicted octanol–water partition coefficient (Wildman–Crippen LogP) is 2.48. The van der Waals surface area contributed by atoms with E-state index in [1.54, 1.807) is 37.9 Å². The third kappa shape index (κ3) is 3.91. The van der Waals surface area contributed by atoms with Crippen molar-refractivity contribution in [3.05, 3.63) is 52.1 Å². The van der Waals surface area contributed by atoms with E-state index >= 15 is 0 Å². The number of nitrogens with zero attached hydrogens (tertiary/aromatic N) is 4. The number of hydrogen-bond acceptors (Lipinski definition) is 6. The Morgan fingerprint density at radius 1 is 1.10 bits per heavy atom. The summed E-state index contributed by atoms with van der Waals surface area (Å²) in [5, 5.41) is 11.6. The summed E-state index contributed by atoms with van der Waals surface area (Å²) < 4.78 is 13.4. The first-order valence-corrected chi connectivity index (χ1v) is 9.40. The molecule has 0 saturated heterocycles. The van der Waals surface area contributed by atoms with Crippen molar-refractivity contribution in [1.29, 1.82) is 0 Å². The first-order chi connectivity index (χ1) is 14.3. The number of ether oxygens (including phenoxy) is 2. The fourth-order valence-corrected chi connectivity index (χ4v) is 3.13. The molecule has 0 saturated carbocycles. The number of hydrogen-bond donors (Lipinski definition) is 1. The topological polar surface area (TPSA) is 100 Å².